The molecule has 2 bridgehead atoms. The van der Waals surface area contributed by atoms with Crippen LogP contribution in [0.3, 0.4) is 0 Å². The van der Waals surface area contributed by atoms with Crippen LogP contribution in [-0.2, 0) is 4.74 Å². The van der Waals surface area contributed by atoms with Crippen LogP contribution >= 0.6 is 0 Å². The molecule has 0 radical (unpaired) electrons. The minimum Gasteiger partial charge on any atom is -0.390 e. The predicted molar refractivity (Wildman–Crippen MR) is 37.8 cm³/mol. The third-order valence-corrected chi connectivity index (χ3v) is 2.70. The van der Waals surface area contributed by atoms with Crippen molar-refractivity contribution in [1.29, 1.82) is 0 Å². The van der Waals surface area contributed by atoms with E-state index >= 15 is 0 Å². The van der Waals surface area contributed by atoms with Crippen LogP contribution in [0.25, 0.3) is 0 Å². The van der Waals surface area contributed by atoms with Gasteiger partial charge in [0.1, 0.15) is 0 Å². The van der Waals surface area contributed by atoms with Crippen LogP contribution in [0.1, 0.15) is 32.1 Å². The van der Waals surface area contributed by atoms with Crippen LogP contribution in [0.2, 0.25) is 0 Å². The molecule has 0 aromatic carbocycles. The number of hydrogen-bond donors (Lipinski definition) is 1. The van der Waals surface area contributed by atoms with E-state index < -0.39 is 0 Å². The molecule has 2 unspecified atom stereocenters. The first-order valence-corrected chi connectivity index (χ1v) is 4.13. The molecule has 2 aliphatic rings. The highest BCUT2D eigenvalue weighted by molar-refractivity contribution is 4.89. The molecular weight excluding hydrogens is 128 g/mol. The fourth-order valence-electron chi connectivity index (χ4n) is 2.07. The smallest absolute Gasteiger partial charge is 0.0694 e. The van der Waals surface area contributed by atoms with E-state index in [2.05, 4.69) is 0 Å². The molecule has 1 aliphatic heterocycles. The first-order chi connectivity index (χ1) is 4.79. The van der Waals surface area contributed by atoms with Crippen LogP contribution in [0.4, 0.5) is 0 Å². The highest BCUT2D eigenvalue weighted by Crippen LogP contribution is 2.36. The highest BCUT2D eigenvalue weighted by Gasteiger charge is 2.37. The second-order valence-electron chi connectivity index (χ2n) is 3.56. The topological polar surface area (TPSA) is 29.5 Å². The molecule has 2 atom stereocenters. The van der Waals surface area contributed by atoms with Gasteiger partial charge in [-0.15, -0.1) is 0 Å². The summed E-state index contributed by atoms with van der Waals surface area (Å²) in [4.78, 5) is 0. The van der Waals surface area contributed by atoms with Gasteiger partial charge in [0.2, 0.25) is 0 Å². The summed E-state index contributed by atoms with van der Waals surface area (Å²) in [5.74, 6) is 0. The Kier molecular flexibility index (Phi) is 1.46. The Hall–Kier alpha value is -0.0800. The lowest BCUT2D eigenvalue weighted by Crippen LogP contribution is -2.44. The number of fused-ring (bicyclic) bond motifs is 2. The van der Waals surface area contributed by atoms with Gasteiger partial charge >= 0.3 is 0 Å². The van der Waals surface area contributed by atoms with Crippen LogP contribution in [0.15, 0.2) is 0 Å². The molecule has 1 saturated carbocycles. The SMILES string of the molecule is OC12CCCC(C1)OCC2. The maximum Gasteiger partial charge on any atom is 0.0694 e. The van der Waals surface area contributed by atoms with Crippen molar-refractivity contribution in [2.75, 3.05) is 6.61 Å². The summed E-state index contributed by atoms with van der Waals surface area (Å²) >= 11 is 0. The second-order valence-corrected chi connectivity index (χ2v) is 3.56. The van der Waals surface area contributed by atoms with E-state index in [1.165, 1.54) is 0 Å². The number of aliphatic hydroxyl groups is 1. The van der Waals surface area contributed by atoms with Crippen molar-refractivity contribution in [1.82, 2.24) is 0 Å². The Morgan fingerprint density at radius 2 is 2.30 bits per heavy atom. The minimum atomic E-state index is -0.346. The van der Waals surface area contributed by atoms with Crippen molar-refractivity contribution in [3.63, 3.8) is 0 Å². The van der Waals surface area contributed by atoms with Crippen molar-refractivity contribution in [3.05, 3.63) is 0 Å². The lowest BCUT2D eigenvalue weighted by Gasteiger charge is -2.41. The summed E-state index contributed by atoms with van der Waals surface area (Å²) in [7, 11) is 0. The molecule has 2 nitrogen and oxygen atoms in total. The molecule has 58 valence electrons. The van der Waals surface area contributed by atoms with E-state index in [0.717, 1.165) is 38.7 Å². The lowest BCUT2D eigenvalue weighted by molar-refractivity contribution is -0.130. The molecule has 2 fully saturated rings. The Balaban J connectivity index is 2.07. The van der Waals surface area contributed by atoms with Gasteiger partial charge in [-0.05, 0) is 25.7 Å². The number of ether oxygens (including phenoxy) is 1. The fourth-order valence-corrected chi connectivity index (χ4v) is 2.07. The zero-order chi connectivity index (χ0) is 7.03. The van der Waals surface area contributed by atoms with Crippen LogP contribution < -0.4 is 0 Å². The van der Waals surface area contributed by atoms with Crippen molar-refractivity contribution in [2.45, 2.75) is 43.8 Å². The Bertz CT molecular complexity index is 123. The van der Waals surface area contributed by atoms with Crippen LogP contribution in [-0.4, -0.2) is 23.4 Å². The van der Waals surface area contributed by atoms with E-state index in [1.807, 2.05) is 0 Å². The minimum absolute atomic E-state index is 0.346. The molecule has 2 heteroatoms. The van der Waals surface area contributed by atoms with Gasteiger partial charge in [-0.25, -0.2) is 0 Å². The molecule has 0 spiro atoms. The van der Waals surface area contributed by atoms with Crippen molar-refractivity contribution in [2.24, 2.45) is 0 Å². The Morgan fingerprint density at radius 1 is 1.40 bits per heavy atom. The van der Waals surface area contributed by atoms with E-state index in [1.54, 1.807) is 0 Å². The third kappa shape index (κ3) is 1.06. The largest absolute Gasteiger partial charge is 0.390 e. The zero-order valence-electron chi connectivity index (χ0n) is 6.18. The first-order valence-electron chi connectivity index (χ1n) is 4.13. The summed E-state index contributed by atoms with van der Waals surface area (Å²) in [6.45, 7) is 0.765. The molecule has 2 rings (SSSR count). The van der Waals surface area contributed by atoms with E-state index in [4.69, 9.17) is 4.74 Å². The third-order valence-electron chi connectivity index (χ3n) is 2.70. The molecule has 1 saturated heterocycles. The van der Waals surface area contributed by atoms with Gasteiger partial charge < -0.3 is 9.84 Å². The quantitative estimate of drug-likeness (QED) is 0.548. The summed E-state index contributed by atoms with van der Waals surface area (Å²) in [5, 5.41) is 9.82. The fraction of sp³-hybridized carbons (Fsp3) is 1.00. The molecule has 0 aromatic heterocycles. The molecule has 1 N–H and O–H groups in total. The molecule has 1 heterocycles. The van der Waals surface area contributed by atoms with Crippen molar-refractivity contribution < 1.29 is 9.84 Å². The number of rotatable bonds is 0. The standard InChI is InChI=1S/C8H14O2/c9-8-3-1-2-7(6-8)10-5-4-8/h7,9H,1-6H2. The molecule has 10 heavy (non-hydrogen) atoms. The van der Waals surface area contributed by atoms with Crippen LogP contribution in [0, 0.1) is 0 Å². The van der Waals surface area contributed by atoms with Crippen molar-refractivity contribution in [3.8, 4) is 0 Å². The van der Waals surface area contributed by atoms with Gasteiger partial charge in [-0.2, -0.15) is 0 Å². The maximum absolute atomic E-state index is 9.82. The normalized spacial score (nSPS) is 47.1. The average molecular weight is 142 g/mol. The van der Waals surface area contributed by atoms with E-state index in [9.17, 15) is 5.11 Å². The van der Waals surface area contributed by atoms with Crippen molar-refractivity contribution >= 4 is 0 Å². The van der Waals surface area contributed by atoms with E-state index in [0.29, 0.717) is 6.10 Å². The Morgan fingerprint density at radius 3 is 3.00 bits per heavy atom. The Labute approximate surface area is 61.2 Å². The summed E-state index contributed by atoms with van der Waals surface area (Å²) in [5.41, 5.74) is -0.346. The molecule has 0 amide bonds. The van der Waals surface area contributed by atoms with Gasteiger partial charge in [-0.3, -0.25) is 0 Å². The maximum atomic E-state index is 9.82. The molecule has 1 aliphatic carbocycles. The lowest BCUT2D eigenvalue weighted by atomic mass is 9.79. The summed E-state index contributed by atoms with van der Waals surface area (Å²) in [6, 6.07) is 0. The summed E-state index contributed by atoms with van der Waals surface area (Å²) in [6.07, 6.45) is 5.39. The molecule has 0 aromatic rings. The number of hydrogen-bond acceptors (Lipinski definition) is 2. The monoisotopic (exact) mass is 142 g/mol. The highest BCUT2D eigenvalue weighted by atomic mass is 16.5. The predicted octanol–water partition coefficient (Wildman–Crippen LogP) is 1.08. The van der Waals surface area contributed by atoms with Gasteiger partial charge in [0.25, 0.3) is 0 Å². The second kappa shape index (κ2) is 2.21. The average Bonchev–Trinajstić information content (AvgIpc) is 1.86. The van der Waals surface area contributed by atoms with Gasteiger partial charge in [0.15, 0.2) is 0 Å². The van der Waals surface area contributed by atoms with Gasteiger partial charge in [0, 0.05) is 13.0 Å². The van der Waals surface area contributed by atoms with Crippen LogP contribution in [0.5, 0.6) is 0 Å². The first kappa shape index (κ1) is 6.62. The van der Waals surface area contributed by atoms with E-state index in [-0.39, 0.29) is 5.60 Å². The van der Waals surface area contributed by atoms with Gasteiger partial charge in [-0.1, -0.05) is 0 Å². The molecular formula is C8H14O2. The summed E-state index contributed by atoms with van der Waals surface area (Å²) < 4.78 is 5.45. The zero-order valence-corrected chi connectivity index (χ0v) is 6.18. The van der Waals surface area contributed by atoms with Gasteiger partial charge in [0.05, 0.1) is 11.7 Å².